The highest BCUT2D eigenvalue weighted by molar-refractivity contribution is 7.90. The minimum atomic E-state index is -5.42. The van der Waals surface area contributed by atoms with Crippen molar-refractivity contribution in [3.05, 3.63) is 34.9 Å². The summed E-state index contributed by atoms with van der Waals surface area (Å²) in [5, 5.41) is 5.25. The molecule has 35 heavy (non-hydrogen) atoms. The third kappa shape index (κ3) is 8.52. The third-order valence-electron chi connectivity index (χ3n) is 5.40. The van der Waals surface area contributed by atoms with Gasteiger partial charge in [-0.2, -0.15) is 39.5 Å². The lowest BCUT2D eigenvalue weighted by molar-refractivity contribution is -0.143. The number of hydrogen-bond donors (Lipinski definition) is 3. The molecule has 0 bridgehead atoms. The summed E-state index contributed by atoms with van der Waals surface area (Å²) in [6, 6.07) is 0.491. The summed E-state index contributed by atoms with van der Waals surface area (Å²) in [7, 11) is -5.42. The summed E-state index contributed by atoms with van der Waals surface area (Å²) in [5.41, 5.74) is -9.37. The van der Waals surface area contributed by atoms with Crippen LogP contribution in [0.25, 0.3) is 0 Å². The van der Waals surface area contributed by atoms with Crippen molar-refractivity contribution in [2.75, 3.05) is 19.6 Å². The van der Waals surface area contributed by atoms with Crippen LogP contribution in [0.5, 0.6) is 0 Å². The van der Waals surface area contributed by atoms with E-state index in [0.29, 0.717) is 37.8 Å². The standard InChI is InChI=1S/C19H22F9N3O3S/c20-17(21,22)13-7-12(8-14(9-13)18(23,24)25)16(32)30-10-11-1-3-15(4-2-11)29-5-6-31-35(33,34)19(26,27)28/h7-9,11,15,29,31H,1-6,10H2,(H,30,32). The molecule has 2 rings (SSSR count). The van der Waals surface area contributed by atoms with E-state index in [1.165, 1.54) is 4.72 Å². The van der Waals surface area contributed by atoms with Crippen molar-refractivity contribution in [1.82, 2.24) is 15.4 Å². The van der Waals surface area contributed by atoms with Crippen molar-refractivity contribution in [2.24, 2.45) is 5.92 Å². The number of sulfonamides is 1. The molecule has 1 aromatic carbocycles. The summed E-state index contributed by atoms with van der Waals surface area (Å²) in [6.07, 6.45) is -8.07. The molecule has 1 aliphatic rings. The van der Waals surface area contributed by atoms with Crippen LogP contribution in [0, 0.1) is 5.92 Å². The molecule has 1 amide bonds. The van der Waals surface area contributed by atoms with Gasteiger partial charge in [0.15, 0.2) is 0 Å². The van der Waals surface area contributed by atoms with Gasteiger partial charge >= 0.3 is 27.9 Å². The minimum absolute atomic E-state index is 0.00846. The number of benzene rings is 1. The molecule has 0 atom stereocenters. The fourth-order valence-corrected chi connectivity index (χ4v) is 4.07. The fourth-order valence-electron chi connectivity index (χ4n) is 3.54. The highest BCUT2D eigenvalue weighted by Gasteiger charge is 2.45. The van der Waals surface area contributed by atoms with Crippen LogP contribution in [0.2, 0.25) is 0 Å². The summed E-state index contributed by atoms with van der Waals surface area (Å²) in [6.45, 7) is -0.526. The molecule has 0 spiro atoms. The number of hydrogen-bond acceptors (Lipinski definition) is 4. The number of amides is 1. The molecule has 0 unspecified atom stereocenters. The first-order valence-corrected chi connectivity index (χ1v) is 11.8. The SMILES string of the molecule is O=C(NCC1CCC(NCCNS(=O)(=O)C(F)(F)F)CC1)c1cc(C(F)(F)F)cc(C(F)(F)F)c1. The first-order chi connectivity index (χ1) is 15.9. The van der Waals surface area contributed by atoms with Gasteiger partial charge in [-0.3, -0.25) is 4.79 Å². The maximum absolute atomic E-state index is 12.9. The normalized spacial score (nSPS) is 20.0. The van der Waals surface area contributed by atoms with E-state index in [2.05, 4.69) is 10.6 Å². The molecule has 0 aliphatic heterocycles. The molecule has 0 heterocycles. The summed E-state index contributed by atoms with van der Waals surface area (Å²) >= 11 is 0. The van der Waals surface area contributed by atoms with Crippen LogP contribution in [0.1, 0.15) is 47.2 Å². The van der Waals surface area contributed by atoms with Crippen LogP contribution in [0.4, 0.5) is 39.5 Å². The van der Waals surface area contributed by atoms with Gasteiger partial charge < -0.3 is 10.6 Å². The average molecular weight is 543 g/mol. The summed E-state index contributed by atoms with van der Waals surface area (Å²) < 4.78 is 138. The second kappa shape index (κ2) is 10.9. The van der Waals surface area contributed by atoms with E-state index in [9.17, 15) is 52.7 Å². The maximum atomic E-state index is 12.9. The Balaban J connectivity index is 1.83. The molecule has 1 aliphatic carbocycles. The smallest absolute Gasteiger partial charge is 0.352 e. The van der Waals surface area contributed by atoms with Gasteiger partial charge in [-0.25, -0.2) is 13.1 Å². The molecule has 3 N–H and O–H groups in total. The van der Waals surface area contributed by atoms with Crippen molar-refractivity contribution < 1.29 is 52.7 Å². The molecule has 1 fully saturated rings. The van der Waals surface area contributed by atoms with Gasteiger partial charge in [-0.05, 0) is 49.8 Å². The van der Waals surface area contributed by atoms with Gasteiger partial charge in [0.1, 0.15) is 0 Å². The van der Waals surface area contributed by atoms with Crippen molar-refractivity contribution in [1.29, 1.82) is 0 Å². The number of carbonyl (C=O) groups excluding carboxylic acids is 1. The highest BCUT2D eigenvalue weighted by Crippen LogP contribution is 2.36. The molecular formula is C19H22F9N3O3S. The van der Waals surface area contributed by atoms with E-state index >= 15 is 0 Å². The van der Waals surface area contributed by atoms with Crippen LogP contribution in [0.3, 0.4) is 0 Å². The van der Waals surface area contributed by atoms with Crippen molar-refractivity contribution in [3.8, 4) is 0 Å². The molecule has 0 radical (unpaired) electrons. The molecule has 0 saturated heterocycles. The van der Waals surface area contributed by atoms with Crippen molar-refractivity contribution >= 4 is 15.9 Å². The van der Waals surface area contributed by atoms with Gasteiger partial charge in [0.25, 0.3) is 5.91 Å². The number of alkyl halides is 9. The Labute approximate surface area is 194 Å². The first-order valence-electron chi connectivity index (χ1n) is 10.3. The minimum Gasteiger partial charge on any atom is -0.352 e. The lowest BCUT2D eigenvalue weighted by atomic mass is 9.86. The molecule has 1 saturated carbocycles. The van der Waals surface area contributed by atoms with Crippen LogP contribution in [0.15, 0.2) is 18.2 Å². The van der Waals surface area contributed by atoms with Gasteiger partial charge in [-0.15, -0.1) is 0 Å². The van der Waals surface area contributed by atoms with Crippen LogP contribution < -0.4 is 15.4 Å². The summed E-state index contributed by atoms with van der Waals surface area (Å²) in [5.74, 6) is -1.20. The molecule has 16 heteroatoms. The predicted molar refractivity (Wildman–Crippen MR) is 106 cm³/mol. The van der Waals surface area contributed by atoms with E-state index < -0.39 is 57.0 Å². The lowest BCUT2D eigenvalue weighted by Gasteiger charge is -2.29. The Bertz CT molecular complexity index is 952. The van der Waals surface area contributed by atoms with Gasteiger partial charge in [0.05, 0.1) is 11.1 Å². The molecule has 0 aromatic heterocycles. The molecule has 6 nitrogen and oxygen atoms in total. The Morgan fingerprint density at radius 1 is 0.829 bits per heavy atom. The number of halogens is 9. The van der Waals surface area contributed by atoms with E-state index in [0.717, 1.165) is 0 Å². The Morgan fingerprint density at radius 3 is 1.80 bits per heavy atom. The van der Waals surface area contributed by atoms with Gasteiger partial charge in [0, 0.05) is 31.2 Å². The Morgan fingerprint density at radius 2 is 1.34 bits per heavy atom. The quantitative estimate of drug-likeness (QED) is 0.341. The zero-order valence-corrected chi connectivity index (χ0v) is 18.7. The second-order valence-corrected chi connectivity index (χ2v) is 9.78. The fraction of sp³-hybridized carbons (Fsp3) is 0.632. The predicted octanol–water partition coefficient (Wildman–Crippen LogP) is 4.04. The van der Waals surface area contributed by atoms with Gasteiger partial charge in [0.2, 0.25) is 0 Å². The Hall–Kier alpha value is -2.07. The maximum Gasteiger partial charge on any atom is 0.511 e. The van der Waals surface area contributed by atoms with E-state index in [4.69, 9.17) is 0 Å². The zero-order chi connectivity index (χ0) is 26.7. The van der Waals surface area contributed by atoms with Gasteiger partial charge in [-0.1, -0.05) is 0 Å². The zero-order valence-electron chi connectivity index (χ0n) is 17.9. The highest BCUT2D eigenvalue weighted by atomic mass is 32.2. The summed E-state index contributed by atoms with van der Waals surface area (Å²) in [4.78, 5) is 12.2. The van der Waals surface area contributed by atoms with E-state index in [-0.39, 0.29) is 31.1 Å². The van der Waals surface area contributed by atoms with E-state index in [1.807, 2.05) is 0 Å². The monoisotopic (exact) mass is 543 g/mol. The topological polar surface area (TPSA) is 87.3 Å². The van der Waals surface area contributed by atoms with Crippen molar-refractivity contribution in [3.63, 3.8) is 0 Å². The number of rotatable bonds is 8. The van der Waals surface area contributed by atoms with Crippen LogP contribution >= 0.6 is 0 Å². The first kappa shape index (κ1) is 29.2. The third-order valence-corrected chi connectivity index (χ3v) is 6.60. The van der Waals surface area contributed by atoms with Crippen LogP contribution in [-0.2, 0) is 22.4 Å². The molecule has 200 valence electrons. The molecular weight excluding hydrogens is 521 g/mol. The Kier molecular flexibility index (Phi) is 9.08. The second-order valence-electron chi connectivity index (χ2n) is 8.02. The largest absolute Gasteiger partial charge is 0.511 e. The molecule has 1 aromatic rings. The van der Waals surface area contributed by atoms with E-state index in [1.54, 1.807) is 0 Å². The number of nitrogens with one attached hydrogen (secondary N) is 3. The van der Waals surface area contributed by atoms with Crippen LogP contribution in [-0.4, -0.2) is 45.5 Å². The number of carbonyl (C=O) groups is 1. The van der Waals surface area contributed by atoms with Crippen molar-refractivity contribution in [2.45, 2.75) is 49.6 Å². The average Bonchev–Trinajstić information content (AvgIpc) is 2.73. The lowest BCUT2D eigenvalue weighted by Crippen LogP contribution is -2.43.